The molecule has 1 heterocycles. The third-order valence-corrected chi connectivity index (χ3v) is 3.51. The molecule has 0 aliphatic carbocycles. The molecule has 1 heteroatoms. The van der Waals surface area contributed by atoms with Gasteiger partial charge in [-0.25, -0.2) is 0 Å². The molecule has 0 unspecified atom stereocenters. The largest absolute Gasteiger partial charge is 0.313 e. The van der Waals surface area contributed by atoms with Gasteiger partial charge in [-0.05, 0) is 32.1 Å². The van der Waals surface area contributed by atoms with E-state index in [-0.39, 0.29) is 0 Å². The summed E-state index contributed by atoms with van der Waals surface area (Å²) in [5.74, 6) is 0. The summed E-state index contributed by atoms with van der Waals surface area (Å²) in [7, 11) is 0. The van der Waals surface area contributed by atoms with Crippen molar-refractivity contribution in [1.82, 2.24) is 4.57 Å². The number of benzene rings is 1. The summed E-state index contributed by atoms with van der Waals surface area (Å²) < 4.78 is 2.26. The molecule has 2 rings (SSSR count). The van der Waals surface area contributed by atoms with Crippen LogP contribution in [0.25, 0.3) is 23.9 Å². The fraction of sp³-hybridized carbons (Fsp3) is 0.100. The third-order valence-electron chi connectivity index (χ3n) is 3.51. The molecular weight excluding hydrogens is 254 g/mol. The number of para-hydroxylation sites is 1. The summed E-state index contributed by atoms with van der Waals surface area (Å²) in [6.45, 7) is 11.8. The van der Waals surface area contributed by atoms with Gasteiger partial charge in [0.05, 0.1) is 5.35 Å². The lowest BCUT2D eigenvalue weighted by molar-refractivity contribution is 0.975. The first-order valence-electron chi connectivity index (χ1n) is 7.09. The van der Waals surface area contributed by atoms with E-state index in [4.69, 9.17) is 0 Å². The van der Waals surface area contributed by atoms with Gasteiger partial charge in [-0.2, -0.15) is 0 Å². The number of rotatable bonds is 4. The summed E-state index contributed by atoms with van der Waals surface area (Å²) in [6, 6.07) is 10.4. The van der Waals surface area contributed by atoms with Crippen LogP contribution in [0.1, 0.15) is 18.2 Å². The standard InChI is InChI=1S/C20H21N/c1-5-8-15-19-16(4)21(17-13-10-9-11-14-17)20(12-6-2)18(19)7-3/h5-15H,1-2H2,3-4H3/b15-8-,18-7-,20-12+. The molecule has 1 nitrogen and oxygen atoms in total. The van der Waals surface area contributed by atoms with Crippen molar-refractivity contribution < 1.29 is 0 Å². The van der Waals surface area contributed by atoms with Crippen LogP contribution in [0.5, 0.6) is 0 Å². The van der Waals surface area contributed by atoms with E-state index in [1.165, 1.54) is 16.5 Å². The van der Waals surface area contributed by atoms with Crippen molar-refractivity contribution in [2.45, 2.75) is 13.8 Å². The van der Waals surface area contributed by atoms with Crippen LogP contribution in [0.15, 0.2) is 61.7 Å². The van der Waals surface area contributed by atoms with Crippen LogP contribution in [0.2, 0.25) is 0 Å². The number of hydrogen-bond acceptors (Lipinski definition) is 0. The summed E-state index contributed by atoms with van der Waals surface area (Å²) in [4.78, 5) is 0. The molecule has 0 saturated carbocycles. The predicted octanol–water partition coefficient (Wildman–Crippen LogP) is 3.75. The van der Waals surface area contributed by atoms with Crippen LogP contribution in [0.4, 0.5) is 0 Å². The second-order valence-corrected chi connectivity index (χ2v) is 4.75. The molecule has 0 radical (unpaired) electrons. The molecule has 106 valence electrons. The molecule has 0 bridgehead atoms. The second kappa shape index (κ2) is 6.76. The SMILES string of the molecule is C=C/C=C\c1c(C)n(-c2ccccc2)c(=C/C=C)/c1=C\C. The van der Waals surface area contributed by atoms with Gasteiger partial charge >= 0.3 is 0 Å². The molecule has 0 N–H and O–H groups in total. The topological polar surface area (TPSA) is 4.93 Å². The van der Waals surface area contributed by atoms with E-state index >= 15 is 0 Å². The molecule has 0 aliphatic rings. The highest BCUT2D eigenvalue weighted by Gasteiger charge is 2.09. The minimum absolute atomic E-state index is 1.15. The maximum Gasteiger partial charge on any atom is 0.0534 e. The Morgan fingerprint density at radius 3 is 2.33 bits per heavy atom. The zero-order valence-electron chi connectivity index (χ0n) is 12.7. The van der Waals surface area contributed by atoms with Crippen molar-refractivity contribution in [2.75, 3.05) is 0 Å². The maximum atomic E-state index is 3.85. The van der Waals surface area contributed by atoms with Crippen molar-refractivity contribution >= 4 is 18.2 Å². The van der Waals surface area contributed by atoms with Crippen molar-refractivity contribution in [3.63, 3.8) is 0 Å². The Labute approximate surface area is 126 Å². The summed E-state index contributed by atoms with van der Waals surface area (Å²) in [5, 5.41) is 2.37. The lowest BCUT2D eigenvalue weighted by Gasteiger charge is -2.07. The fourth-order valence-corrected chi connectivity index (χ4v) is 2.62. The summed E-state index contributed by atoms with van der Waals surface area (Å²) in [6.07, 6.45) is 11.9. The minimum atomic E-state index is 1.15. The molecule has 0 aliphatic heterocycles. The zero-order chi connectivity index (χ0) is 15.2. The number of allylic oxidation sites excluding steroid dienone is 3. The lowest BCUT2D eigenvalue weighted by atomic mass is 10.2. The van der Waals surface area contributed by atoms with Crippen LogP contribution >= 0.6 is 0 Å². The van der Waals surface area contributed by atoms with Gasteiger partial charge in [-0.3, -0.25) is 0 Å². The van der Waals surface area contributed by atoms with Crippen molar-refractivity contribution in [3.8, 4) is 5.69 Å². The second-order valence-electron chi connectivity index (χ2n) is 4.75. The molecule has 2 aromatic rings. The first-order valence-corrected chi connectivity index (χ1v) is 7.09. The molecule has 1 aromatic heterocycles. The molecule has 0 amide bonds. The lowest BCUT2D eigenvalue weighted by Crippen LogP contribution is -2.28. The Bertz CT molecular complexity index is 787. The monoisotopic (exact) mass is 275 g/mol. The first-order chi connectivity index (χ1) is 10.2. The summed E-state index contributed by atoms with van der Waals surface area (Å²) >= 11 is 0. The van der Waals surface area contributed by atoms with E-state index < -0.39 is 0 Å². The van der Waals surface area contributed by atoms with E-state index in [0.717, 1.165) is 11.0 Å². The number of nitrogens with zero attached hydrogens (tertiary/aromatic N) is 1. The van der Waals surface area contributed by atoms with Crippen molar-refractivity contribution in [3.05, 3.63) is 83.5 Å². The molecule has 0 atom stereocenters. The minimum Gasteiger partial charge on any atom is -0.313 e. The highest BCUT2D eigenvalue weighted by Crippen LogP contribution is 2.11. The molecule has 0 fully saturated rings. The molecule has 0 spiro atoms. The van der Waals surface area contributed by atoms with Crippen molar-refractivity contribution in [1.29, 1.82) is 0 Å². The maximum absolute atomic E-state index is 3.85. The molecule has 21 heavy (non-hydrogen) atoms. The van der Waals surface area contributed by atoms with Gasteiger partial charge in [-0.15, -0.1) is 0 Å². The summed E-state index contributed by atoms with van der Waals surface area (Å²) in [5.41, 5.74) is 3.58. The Balaban J connectivity index is 2.92. The van der Waals surface area contributed by atoms with Gasteiger partial charge in [0.2, 0.25) is 0 Å². The third kappa shape index (κ3) is 2.82. The molecular formula is C20H21N. The fourth-order valence-electron chi connectivity index (χ4n) is 2.62. The van der Waals surface area contributed by atoms with Crippen LogP contribution in [-0.4, -0.2) is 4.57 Å². The van der Waals surface area contributed by atoms with Gasteiger partial charge in [-0.1, -0.05) is 61.7 Å². The normalized spacial score (nSPS) is 13.0. The Kier molecular flexibility index (Phi) is 4.78. The predicted molar refractivity (Wildman–Crippen MR) is 93.8 cm³/mol. The van der Waals surface area contributed by atoms with Crippen LogP contribution in [0, 0.1) is 6.92 Å². The highest BCUT2D eigenvalue weighted by molar-refractivity contribution is 5.60. The Morgan fingerprint density at radius 2 is 1.76 bits per heavy atom. The van der Waals surface area contributed by atoms with E-state index in [1.54, 1.807) is 6.08 Å². The number of hydrogen-bond donors (Lipinski definition) is 0. The van der Waals surface area contributed by atoms with E-state index in [1.807, 2.05) is 18.2 Å². The van der Waals surface area contributed by atoms with Gasteiger partial charge in [0.15, 0.2) is 0 Å². The molecule has 0 saturated heterocycles. The first kappa shape index (κ1) is 14.9. The van der Waals surface area contributed by atoms with Crippen LogP contribution in [-0.2, 0) is 0 Å². The zero-order valence-corrected chi connectivity index (χ0v) is 12.7. The number of aromatic nitrogens is 1. The van der Waals surface area contributed by atoms with Crippen LogP contribution in [0.3, 0.4) is 0 Å². The Hall–Kier alpha value is -2.54. The average Bonchev–Trinajstić information content (AvgIpc) is 2.78. The van der Waals surface area contributed by atoms with Crippen LogP contribution < -0.4 is 10.6 Å². The average molecular weight is 275 g/mol. The van der Waals surface area contributed by atoms with E-state index in [9.17, 15) is 0 Å². The quantitative estimate of drug-likeness (QED) is 0.749. The Morgan fingerprint density at radius 1 is 1.05 bits per heavy atom. The van der Waals surface area contributed by atoms with Gasteiger partial charge in [0.1, 0.15) is 0 Å². The van der Waals surface area contributed by atoms with Gasteiger partial charge in [0.25, 0.3) is 0 Å². The van der Waals surface area contributed by atoms with Crippen molar-refractivity contribution in [2.24, 2.45) is 0 Å². The molecule has 1 aromatic carbocycles. The van der Waals surface area contributed by atoms with Gasteiger partial charge < -0.3 is 4.57 Å². The van der Waals surface area contributed by atoms with Gasteiger partial charge in [0, 0.05) is 22.2 Å². The highest BCUT2D eigenvalue weighted by atomic mass is 15.0. The smallest absolute Gasteiger partial charge is 0.0534 e. The van der Waals surface area contributed by atoms with E-state index in [2.05, 4.69) is 74.1 Å². The van der Waals surface area contributed by atoms with E-state index in [0.29, 0.717) is 0 Å².